The number of aryl methyl sites for hydroxylation is 1. The van der Waals surface area contributed by atoms with Gasteiger partial charge in [-0.3, -0.25) is 9.48 Å². The van der Waals surface area contributed by atoms with Gasteiger partial charge >= 0.3 is 0 Å². The minimum Gasteiger partial charge on any atom is -0.335 e. The van der Waals surface area contributed by atoms with E-state index in [2.05, 4.69) is 52.7 Å². The summed E-state index contributed by atoms with van der Waals surface area (Å²) in [6.07, 6.45) is 14.6. The molecule has 1 unspecified atom stereocenters. The molecular weight excluding hydrogens is 374 g/mol. The quantitative estimate of drug-likeness (QED) is 0.680. The SMILES string of the molecule is C#C/N=c1/cc(NC(=O)Cn2ncc3ccc(C4=CCC(C)CC4)cc32)ccn1C. The highest BCUT2D eigenvalue weighted by Crippen LogP contribution is 2.31. The molecule has 0 fully saturated rings. The van der Waals surface area contributed by atoms with Crippen molar-refractivity contribution in [3.63, 3.8) is 0 Å². The molecule has 0 aliphatic heterocycles. The molecule has 3 aromatic rings. The summed E-state index contributed by atoms with van der Waals surface area (Å²) in [5, 5.41) is 8.35. The Morgan fingerprint density at radius 1 is 1.37 bits per heavy atom. The van der Waals surface area contributed by atoms with Gasteiger partial charge in [0.15, 0.2) is 0 Å². The third-order valence-corrected chi connectivity index (χ3v) is 5.57. The zero-order chi connectivity index (χ0) is 21.1. The molecule has 0 saturated heterocycles. The first-order chi connectivity index (χ1) is 14.5. The van der Waals surface area contributed by atoms with Gasteiger partial charge in [-0.25, -0.2) is 0 Å². The molecule has 0 bridgehead atoms. The number of hydrogen-bond acceptors (Lipinski definition) is 3. The fourth-order valence-electron chi connectivity index (χ4n) is 3.77. The van der Waals surface area contributed by atoms with Gasteiger partial charge in [0.1, 0.15) is 12.0 Å². The molecule has 2 aromatic heterocycles. The van der Waals surface area contributed by atoms with Crippen LogP contribution in [0, 0.1) is 18.4 Å². The number of fused-ring (bicyclic) bond motifs is 1. The van der Waals surface area contributed by atoms with Crippen molar-refractivity contribution in [3.8, 4) is 12.5 Å². The van der Waals surface area contributed by atoms with Crippen molar-refractivity contribution in [2.24, 2.45) is 18.0 Å². The molecule has 4 rings (SSSR count). The van der Waals surface area contributed by atoms with Gasteiger partial charge in [-0.1, -0.05) is 31.6 Å². The first-order valence-electron chi connectivity index (χ1n) is 10.1. The van der Waals surface area contributed by atoms with Crippen LogP contribution in [-0.4, -0.2) is 20.3 Å². The lowest BCUT2D eigenvalue weighted by Gasteiger charge is -2.18. The molecule has 1 aromatic carbocycles. The van der Waals surface area contributed by atoms with Crippen LogP contribution >= 0.6 is 0 Å². The van der Waals surface area contributed by atoms with Crippen molar-refractivity contribution in [3.05, 3.63) is 59.9 Å². The number of nitrogens with zero attached hydrogens (tertiary/aromatic N) is 4. The molecule has 0 spiro atoms. The number of nitrogens with one attached hydrogen (secondary N) is 1. The van der Waals surface area contributed by atoms with Crippen LogP contribution in [0.3, 0.4) is 0 Å². The predicted molar refractivity (Wildman–Crippen MR) is 119 cm³/mol. The third-order valence-electron chi connectivity index (χ3n) is 5.57. The van der Waals surface area contributed by atoms with E-state index in [0.717, 1.165) is 29.7 Å². The van der Waals surface area contributed by atoms with Gasteiger partial charge in [0.25, 0.3) is 0 Å². The van der Waals surface area contributed by atoms with Crippen molar-refractivity contribution in [1.29, 1.82) is 0 Å². The van der Waals surface area contributed by atoms with E-state index in [4.69, 9.17) is 6.42 Å². The van der Waals surface area contributed by atoms with E-state index in [-0.39, 0.29) is 12.5 Å². The largest absolute Gasteiger partial charge is 0.335 e. The maximum Gasteiger partial charge on any atom is 0.246 e. The minimum absolute atomic E-state index is 0.131. The lowest BCUT2D eigenvalue weighted by Crippen LogP contribution is -2.22. The fraction of sp³-hybridized carbons (Fsp3) is 0.292. The molecule has 152 valence electrons. The van der Waals surface area contributed by atoms with Crippen LogP contribution in [-0.2, 0) is 18.4 Å². The number of rotatable bonds is 4. The summed E-state index contributed by atoms with van der Waals surface area (Å²) in [6.45, 7) is 2.42. The Balaban J connectivity index is 1.54. The van der Waals surface area contributed by atoms with Gasteiger partial charge < -0.3 is 9.88 Å². The lowest BCUT2D eigenvalue weighted by atomic mass is 9.87. The summed E-state index contributed by atoms with van der Waals surface area (Å²) in [5.41, 5.74) is 4.80. The topological polar surface area (TPSA) is 64.2 Å². The number of carbonyl (C=O) groups excluding carboxylic acids is 1. The van der Waals surface area contributed by atoms with E-state index in [0.29, 0.717) is 11.2 Å². The third kappa shape index (κ3) is 4.20. The summed E-state index contributed by atoms with van der Waals surface area (Å²) < 4.78 is 3.54. The second-order valence-corrected chi connectivity index (χ2v) is 7.86. The summed E-state index contributed by atoms with van der Waals surface area (Å²) in [7, 11) is 1.84. The van der Waals surface area contributed by atoms with Crippen molar-refractivity contribution >= 4 is 28.1 Å². The standard InChI is InChI=1S/C24H25N5O/c1-4-25-23-14-21(11-12-28(23)3)27-24(30)16-29-22-13-19(9-10-20(22)15-26-29)18-7-5-17(2)6-8-18/h1,7,9-15,17H,5-6,8,16H2,2-3H3,(H,27,30)/b25-23-. The average Bonchev–Trinajstić information content (AvgIpc) is 3.13. The van der Waals surface area contributed by atoms with Gasteiger partial charge in [0.2, 0.25) is 5.91 Å². The number of amides is 1. The Labute approximate surface area is 175 Å². The maximum absolute atomic E-state index is 12.6. The van der Waals surface area contributed by atoms with Crippen molar-refractivity contribution < 1.29 is 4.79 Å². The molecule has 1 aliphatic rings. The van der Waals surface area contributed by atoms with E-state index >= 15 is 0 Å². The smallest absolute Gasteiger partial charge is 0.246 e. The number of anilines is 1. The normalized spacial score (nSPS) is 16.9. The van der Waals surface area contributed by atoms with Crippen LogP contribution in [0.5, 0.6) is 0 Å². The average molecular weight is 399 g/mol. The van der Waals surface area contributed by atoms with E-state index in [1.807, 2.05) is 13.1 Å². The van der Waals surface area contributed by atoms with Gasteiger partial charge in [0, 0.05) is 36.4 Å². The van der Waals surface area contributed by atoms with Crippen LogP contribution in [0.1, 0.15) is 31.7 Å². The number of allylic oxidation sites excluding steroid dienone is 2. The minimum atomic E-state index is -0.156. The van der Waals surface area contributed by atoms with E-state index in [9.17, 15) is 4.79 Å². The highest BCUT2D eigenvalue weighted by Gasteiger charge is 2.14. The molecule has 6 heteroatoms. The summed E-state index contributed by atoms with van der Waals surface area (Å²) in [4.78, 5) is 16.6. The van der Waals surface area contributed by atoms with Gasteiger partial charge in [-0.15, -0.1) is 0 Å². The summed E-state index contributed by atoms with van der Waals surface area (Å²) >= 11 is 0. The number of terminal acetylenes is 1. The van der Waals surface area contributed by atoms with Gasteiger partial charge in [0.05, 0.1) is 11.7 Å². The van der Waals surface area contributed by atoms with E-state index in [1.54, 1.807) is 27.7 Å². The molecule has 1 amide bonds. The number of benzene rings is 1. The predicted octanol–water partition coefficient (Wildman–Crippen LogP) is 3.71. The highest BCUT2D eigenvalue weighted by atomic mass is 16.2. The van der Waals surface area contributed by atoms with E-state index < -0.39 is 0 Å². The molecule has 6 nitrogen and oxygen atoms in total. The van der Waals surface area contributed by atoms with Crippen LogP contribution < -0.4 is 10.8 Å². The number of aromatic nitrogens is 3. The summed E-state index contributed by atoms with van der Waals surface area (Å²) in [5.74, 6) is 0.595. The number of carbonyl (C=O) groups is 1. The fourth-order valence-corrected chi connectivity index (χ4v) is 3.77. The van der Waals surface area contributed by atoms with Crippen molar-refractivity contribution in [1.82, 2.24) is 14.3 Å². The monoisotopic (exact) mass is 399 g/mol. The molecule has 1 aliphatic carbocycles. The Kier molecular flexibility index (Phi) is 5.53. The van der Waals surface area contributed by atoms with Crippen LogP contribution in [0.15, 0.2) is 53.8 Å². The first kappa shape index (κ1) is 19.7. The molecule has 0 radical (unpaired) electrons. The van der Waals surface area contributed by atoms with Crippen LogP contribution in [0.2, 0.25) is 0 Å². The van der Waals surface area contributed by atoms with Gasteiger partial charge in [-0.05, 0) is 48.4 Å². The summed E-state index contributed by atoms with van der Waals surface area (Å²) in [6, 6.07) is 12.2. The lowest BCUT2D eigenvalue weighted by molar-refractivity contribution is -0.116. The molecule has 30 heavy (non-hydrogen) atoms. The van der Waals surface area contributed by atoms with Crippen molar-refractivity contribution in [2.75, 3.05) is 5.32 Å². The molecule has 1 atom stereocenters. The van der Waals surface area contributed by atoms with E-state index in [1.165, 1.54) is 17.6 Å². The number of hydrogen-bond donors (Lipinski definition) is 1. The Morgan fingerprint density at radius 3 is 3.00 bits per heavy atom. The molecule has 1 N–H and O–H groups in total. The van der Waals surface area contributed by atoms with Crippen LogP contribution in [0.25, 0.3) is 16.5 Å². The van der Waals surface area contributed by atoms with Crippen LogP contribution in [0.4, 0.5) is 5.69 Å². The second-order valence-electron chi connectivity index (χ2n) is 7.86. The molecular formula is C24H25N5O. The zero-order valence-corrected chi connectivity index (χ0v) is 17.3. The highest BCUT2D eigenvalue weighted by molar-refractivity contribution is 5.92. The van der Waals surface area contributed by atoms with Gasteiger partial charge in [-0.2, -0.15) is 10.1 Å². The first-order valence-corrected chi connectivity index (χ1v) is 10.1. The Morgan fingerprint density at radius 2 is 2.23 bits per heavy atom. The Bertz CT molecular complexity index is 1240. The van der Waals surface area contributed by atoms with Crippen molar-refractivity contribution in [2.45, 2.75) is 32.7 Å². The number of pyridine rings is 1. The second kappa shape index (κ2) is 8.42. The zero-order valence-electron chi connectivity index (χ0n) is 17.3. The molecule has 2 heterocycles. The maximum atomic E-state index is 12.6. The molecule has 0 saturated carbocycles. The Hall–Kier alpha value is -3.59.